The van der Waals surface area contributed by atoms with Gasteiger partial charge in [-0.25, -0.2) is 0 Å². The molecule has 0 radical (unpaired) electrons. The van der Waals surface area contributed by atoms with Crippen molar-refractivity contribution < 1.29 is 17.8 Å². The molecule has 0 aromatic rings. The summed E-state index contributed by atoms with van der Waals surface area (Å²) in [6.07, 6.45) is 1.63. The normalized spacial score (nSPS) is 22.5. The fourth-order valence-electron chi connectivity index (χ4n) is 1.85. The lowest BCUT2D eigenvalue weighted by atomic mass is 9.91. The Balaban J connectivity index is 3.56. The van der Waals surface area contributed by atoms with Gasteiger partial charge in [-0.3, -0.25) is 4.55 Å². The fraction of sp³-hybridized carbons (Fsp3) is 0.444. The Kier molecular flexibility index (Phi) is 2.95. The molecule has 15 heavy (non-hydrogen) atoms. The SMILES string of the molecule is CC1=CC(C)C(=[N+]=[N-])C(C)=C1S(=O)(=O)O. The summed E-state index contributed by atoms with van der Waals surface area (Å²) in [5, 5.41) is 0. The van der Waals surface area contributed by atoms with E-state index in [4.69, 9.17) is 10.1 Å². The molecule has 1 rings (SSSR count). The average molecular weight is 228 g/mol. The molecular formula is C9H12N2O3S. The zero-order valence-corrected chi connectivity index (χ0v) is 9.54. The second kappa shape index (κ2) is 3.73. The number of hydrogen-bond acceptors (Lipinski definition) is 2. The van der Waals surface area contributed by atoms with Crippen molar-refractivity contribution in [2.24, 2.45) is 5.92 Å². The van der Waals surface area contributed by atoms with E-state index in [1.54, 1.807) is 19.9 Å². The maximum atomic E-state index is 11.1. The second-order valence-electron chi connectivity index (χ2n) is 3.55. The highest BCUT2D eigenvalue weighted by molar-refractivity contribution is 7.90. The van der Waals surface area contributed by atoms with Gasteiger partial charge in [0.15, 0.2) is 0 Å². The van der Waals surface area contributed by atoms with E-state index in [0.717, 1.165) is 0 Å². The van der Waals surface area contributed by atoms with Crippen molar-refractivity contribution in [1.29, 1.82) is 0 Å². The molecule has 1 N–H and O–H groups in total. The summed E-state index contributed by atoms with van der Waals surface area (Å²) in [5.74, 6) is -0.166. The number of hydrogen-bond donors (Lipinski definition) is 1. The molecule has 82 valence electrons. The van der Waals surface area contributed by atoms with Crippen molar-refractivity contribution >= 4 is 15.8 Å². The monoisotopic (exact) mass is 228 g/mol. The zero-order valence-electron chi connectivity index (χ0n) is 8.72. The molecule has 0 spiro atoms. The zero-order chi connectivity index (χ0) is 11.8. The minimum absolute atomic E-state index is 0.166. The molecule has 0 bridgehead atoms. The summed E-state index contributed by atoms with van der Waals surface area (Å²) in [7, 11) is -4.27. The van der Waals surface area contributed by atoms with E-state index in [9.17, 15) is 8.42 Å². The van der Waals surface area contributed by atoms with Crippen LogP contribution in [0.5, 0.6) is 0 Å². The number of rotatable bonds is 1. The molecule has 1 atom stereocenters. The van der Waals surface area contributed by atoms with Crippen molar-refractivity contribution in [3.8, 4) is 0 Å². The van der Waals surface area contributed by atoms with E-state index < -0.39 is 10.1 Å². The standard InChI is InChI=1S/C9H12N2O3S/c1-5-4-6(2)9(15(12,13)14)7(3)8(5)11-10/h4-5H,1-3H3,(H,12,13,14). The summed E-state index contributed by atoms with van der Waals surface area (Å²) in [4.78, 5) is 2.87. The highest BCUT2D eigenvalue weighted by atomic mass is 32.2. The average Bonchev–Trinajstić information content (AvgIpc) is 2.00. The Morgan fingerprint density at radius 1 is 1.47 bits per heavy atom. The van der Waals surface area contributed by atoms with E-state index in [1.807, 2.05) is 0 Å². The predicted octanol–water partition coefficient (Wildman–Crippen LogP) is 1.42. The third-order valence-corrected chi connectivity index (χ3v) is 3.52. The maximum Gasteiger partial charge on any atom is 0.302 e. The summed E-state index contributed by atoms with van der Waals surface area (Å²) in [6, 6.07) is 0. The van der Waals surface area contributed by atoms with Gasteiger partial charge in [0.1, 0.15) is 4.91 Å². The number of nitrogens with zero attached hydrogens (tertiary/aromatic N) is 2. The molecule has 0 aromatic heterocycles. The van der Waals surface area contributed by atoms with Crippen LogP contribution in [0.2, 0.25) is 0 Å². The van der Waals surface area contributed by atoms with Crippen LogP contribution in [0.15, 0.2) is 22.1 Å². The molecule has 0 aromatic carbocycles. The first-order valence-corrected chi connectivity index (χ1v) is 5.82. The molecule has 0 amide bonds. The van der Waals surface area contributed by atoms with Crippen LogP contribution < -0.4 is 0 Å². The Morgan fingerprint density at radius 3 is 2.40 bits per heavy atom. The summed E-state index contributed by atoms with van der Waals surface area (Å²) >= 11 is 0. The summed E-state index contributed by atoms with van der Waals surface area (Å²) in [5.41, 5.74) is 9.76. The van der Waals surface area contributed by atoms with Gasteiger partial charge in [-0.15, -0.1) is 0 Å². The maximum absolute atomic E-state index is 11.1. The first kappa shape index (κ1) is 11.8. The molecule has 1 aliphatic rings. The van der Waals surface area contributed by atoms with Crippen molar-refractivity contribution in [2.75, 3.05) is 0 Å². The topological polar surface area (TPSA) is 90.8 Å². The first-order valence-electron chi connectivity index (χ1n) is 4.38. The van der Waals surface area contributed by atoms with Crippen LogP contribution in [0.3, 0.4) is 0 Å². The van der Waals surface area contributed by atoms with E-state index in [2.05, 4.69) is 4.79 Å². The Hall–Kier alpha value is -1.23. The lowest BCUT2D eigenvalue weighted by Gasteiger charge is -2.15. The largest absolute Gasteiger partial charge is 0.361 e. The fourth-order valence-corrected chi connectivity index (χ4v) is 2.81. The molecule has 5 nitrogen and oxygen atoms in total. The van der Waals surface area contributed by atoms with Gasteiger partial charge < -0.3 is 5.53 Å². The van der Waals surface area contributed by atoms with E-state index in [0.29, 0.717) is 5.57 Å². The van der Waals surface area contributed by atoms with Crippen LogP contribution in [-0.2, 0) is 10.1 Å². The van der Waals surface area contributed by atoms with E-state index in [1.165, 1.54) is 6.92 Å². The minimum Gasteiger partial charge on any atom is -0.361 e. The molecule has 0 saturated heterocycles. The molecule has 0 aliphatic heterocycles. The van der Waals surface area contributed by atoms with Crippen LogP contribution in [-0.4, -0.2) is 23.5 Å². The lowest BCUT2D eigenvalue weighted by Crippen LogP contribution is -2.21. The van der Waals surface area contributed by atoms with Gasteiger partial charge in [0, 0.05) is 0 Å². The van der Waals surface area contributed by atoms with Crippen molar-refractivity contribution in [3.63, 3.8) is 0 Å². The minimum atomic E-state index is -4.27. The van der Waals surface area contributed by atoms with Crippen LogP contribution in [0.25, 0.3) is 5.53 Å². The summed E-state index contributed by atoms with van der Waals surface area (Å²) in [6.45, 7) is 4.88. The van der Waals surface area contributed by atoms with E-state index in [-0.39, 0.29) is 22.1 Å². The molecule has 0 saturated carbocycles. The van der Waals surface area contributed by atoms with Crippen molar-refractivity contribution in [1.82, 2.24) is 0 Å². The molecule has 1 unspecified atom stereocenters. The molecule has 6 heteroatoms. The quantitative estimate of drug-likeness (QED) is 0.418. The Bertz CT molecular complexity index is 507. The Labute approximate surface area is 88.5 Å². The Morgan fingerprint density at radius 2 is 2.00 bits per heavy atom. The molecule has 0 heterocycles. The third-order valence-electron chi connectivity index (χ3n) is 2.38. The summed E-state index contributed by atoms with van der Waals surface area (Å²) < 4.78 is 31.2. The van der Waals surface area contributed by atoms with Gasteiger partial charge in [0.25, 0.3) is 10.1 Å². The highest BCUT2D eigenvalue weighted by Crippen LogP contribution is 2.28. The first-order chi connectivity index (χ1) is 6.79. The number of allylic oxidation sites excluding steroid dienone is 3. The van der Waals surface area contributed by atoms with Gasteiger partial charge in [-0.05, 0) is 26.3 Å². The third kappa shape index (κ3) is 2.07. The highest BCUT2D eigenvalue weighted by Gasteiger charge is 2.32. The second-order valence-corrected chi connectivity index (χ2v) is 4.91. The molecule has 1 aliphatic carbocycles. The van der Waals surface area contributed by atoms with E-state index >= 15 is 0 Å². The van der Waals surface area contributed by atoms with Gasteiger partial charge >= 0.3 is 5.71 Å². The van der Waals surface area contributed by atoms with Gasteiger partial charge in [0.05, 0.1) is 11.5 Å². The predicted molar refractivity (Wildman–Crippen MR) is 55.8 cm³/mol. The van der Waals surface area contributed by atoms with Crippen LogP contribution in [0, 0.1) is 5.92 Å². The van der Waals surface area contributed by atoms with Gasteiger partial charge in [-0.1, -0.05) is 6.08 Å². The van der Waals surface area contributed by atoms with Gasteiger partial charge in [-0.2, -0.15) is 13.2 Å². The van der Waals surface area contributed by atoms with Crippen molar-refractivity contribution in [2.45, 2.75) is 20.8 Å². The van der Waals surface area contributed by atoms with Crippen LogP contribution in [0.1, 0.15) is 20.8 Å². The molecule has 0 fully saturated rings. The lowest BCUT2D eigenvalue weighted by molar-refractivity contribution is -0.00979. The van der Waals surface area contributed by atoms with Crippen LogP contribution >= 0.6 is 0 Å². The van der Waals surface area contributed by atoms with Crippen molar-refractivity contribution in [3.05, 3.63) is 27.7 Å². The van der Waals surface area contributed by atoms with Gasteiger partial charge in [0.2, 0.25) is 0 Å². The van der Waals surface area contributed by atoms with Crippen LogP contribution in [0.4, 0.5) is 0 Å². The molecular weight excluding hydrogens is 216 g/mol. The smallest absolute Gasteiger partial charge is 0.302 e.